The van der Waals surface area contributed by atoms with Crippen molar-refractivity contribution in [2.45, 2.75) is 57.8 Å². The zero-order valence-electron chi connectivity index (χ0n) is 19.4. The predicted molar refractivity (Wildman–Crippen MR) is 128 cm³/mol. The molecule has 0 spiro atoms. The summed E-state index contributed by atoms with van der Waals surface area (Å²) in [4.78, 5) is 25.4. The third kappa shape index (κ3) is 6.62. The second-order valence-electron chi connectivity index (χ2n) is 8.74. The van der Waals surface area contributed by atoms with Crippen molar-refractivity contribution in [2.75, 3.05) is 19.8 Å². The fraction of sp³-hybridized carbons (Fsp3) is 0.500. The van der Waals surface area contributed by atoms with Gasteiger partial charge in [-0.3, -0.25) is 0 Å². The maximum absolute atomic E-state index is 13.0. The summed E-state index contributed by atoms with van der Waals surface area (Å²) in [5, 5.41) is 22.4. The summed E-state index contributed by atoms with van der Waals surface area (Å²) >= 11 is 6.20. The standard InChI is InChI=1S/C26H31ClN2O5/c1-17-22(26(32)34-13-6-12-28)23(19-9-5-10-20(27)15-19)24(25(30)31)21(29-17)16-33-14-11-18-7-3-2-4-8-18/h5,9-10,15,18,23,29H,2-4,6-8,11,13-14,16H2,1H3,(H,30,31). The van der Waals surface area contributed by atoms with Crippen LogP contribution in [0.2, 0.25) is 5.02 Å². The number of dihydropyridines is 1. The number of rotatable bonds is 10. The van der Waals surface area contributed by atoms with Crippen molar-refractivity contribution in [2.24, 2.45) is 5.92 Å². The molecule has 1 aliphatic carbocycles. The number of halogens is 1. The molecule has 0 amide bonds. The molecule has 182 valence electrons. The van der Waals surface area contributed by atoms with E-state index in [2.05, 4.69) is 5.32 Å². The second-order valence-corrected chi connectivity index (χ2v) is 9.17. The number of carboxylic acid groups (broad SMARTS) is 1. The number of hydrogen-bond acceptors (Lipinski definition) is 6. The summed E-state index contributed by atoms with van der Waals surface area (Å²) in [7, 11) is 0. The van der Waals surface area contributed by atoms with Crippen LogP contribution in [0.1, 0.15) is 63.4 Å². The molecule has 2 aliphatic rings. The lowest BCUT2D eigenvalue weighted by Crippen LogP contribution is -2.34. The number of ether oxygens (including phenoxy) is 2. The molecular weight excluding hydrogens is 456 g/mol. The number of nitriles is 1. The van der Waals surface area contributed by atoms with Gasteiger partial charge in [0.05, 0.1) is 41.9 Å². The molecule has 0 saturated heterocycles. The van der Waals surface area contributed by atoms with Crippen LogP contribution >= 0.6 is 11.6 Å². The topological polar surface area (TPSA) is 109 Å². The van der Waals surface area contributed by atoms with Crippen molar-refractivity contribution in [1.82, 2.24) is 5.32 Å². The Hall–Kier alpha value is -2.82. The van der Waals surface area contributed by atoms with Crippen molar-refractivity contribution in [3.63, 3.8) is 0 Å². The fourth-order valence-corrected chi connectivity index (χ4v) is 4.92. The van der Waals surface area contributed by atoms with Gasteiger partial charge >= 0.3 is 11.9 Å². The van der Waals surface area contributed by atoms with E-state index in [1.165, 1.54) is 32.1 Å². The second kappa shape index (κ2) is 12.6. The Morgan fingerprint density at radius 1 is 1.21 bits per heavy atom. The highest BCUT2D eigenvalue weighted by Crippen LogP contribution is 2.39. The Labute approximate surface area is 205 Å². The zero-order valence-corrected chi connectivity index (χ0v) is 20.2. The van der Waals surface area contributed by atoms with Gasteiger partial charge in [0.2, 0.25) is 0 Å². The average Bonchev–Trinajstić information content (AvgIpc) is 2.82. The first-order valence-corrected chi connectivity index (χ1v) is 12.1. The molecule has 1 aromatic carbocycles. The van der Waals surface area contributed by atoms with Crippen molar-refractivity contribution < 1.29 is 24.2 Å². The number of aliphatic carboxylic acids is 1. The molecule has 1 unspecified atom stereocenters. The Kier molecular flexibility index (Phi) is 9.55. The molecule has 1 atom stereocenters. The number of carbonyl (C=O) groups is 2. The van der Waals surface area contributed by atoms with Gasteiger partial charge in [0, 0.05) is 17.3 Å². The first-order chi connectivity index (χ1) is 16.4. The Bertz CT molecular complexity index is 1000. The minimum absolute atomic E-state index is 0.0257. The molecule has 1 saturated carbocycles. The van der Waals surface area contributed by atoms with Gasteiger partial charge in [-0.2, -0.15) is 5.26 Å². The fourth-order valence-electron chi connectivity index (χ4n) is 4.72. The molecule has 0 aromatic heterocycles. The van der Waals surface area contributed by atoms with Crippen LogP contribution in [0.4, 0.5) is 0 Å². The van der Waals surface area contributed by atoms with Gasteiger partial charge in [0.15, 0.2) is 0 Å². The van der Waals surface area contributed by atoms with E-state index >= 15 is 0 Å². The van der Waals surface area contributed by atoms with Gasteiger partial charge in [-0.25, -0.2) is 9.59 Å². The summed E-state index contributed by atoms with van der Waals surface area (Å²) in [6.07, 6.45) is 7.28. The molecule has 1 aromatic rings. The maximum atomic E-state index is 13.0. The molecule has 1 aliphatic heterocycles. The van der Waals surface area contributed by atoms with Crippen LogP contribution in [-0.4, -0.2) is 36.9 Å². The van der Waals surface area contributed by atoms with Crippen molar-refractivity contribution in [3.8, 4) is 6.07 Å². The van der Waals surface area contributed by atoms with Crippen LogP contribution in [0.5, 0.6) is 0 Å². The smallest absolute Gasteiger partial charge is 0.336 e. The van der Waals surface area contributed by atoms with Crippen LogP contribution in [0.15, 0.2) is 46.8 Å². The highest BCUT2D eigenvalue weighted by molar-refractivity contribution is 6.30. The van der Waals surface area contributed by atoms with Gasteiger partial charge in [-0.15, -0.1) is 0 Å². The maximum Gasteiger partial charge on any atom is 0.336 e. The normalized spacial score (nSPS) is 18.9. The number of carbonyl (C=O) groups excluding carboxylic acids is 1. The highest BCUT2D eigenvalue weighted by Gasteiger charge is 2.38. The van der Waals surface area contributed by atoms with Crippen LogP contribution in [0, 0.1) is 17.2 Å². The third-order valence-electron chi connectivity index (χ3n) is 6.37. The van der Waals surface area contributed by atoms with Crippen LogP contribution in [0.25, 0.3) is 0 Å². The first kappa shape index (κ1) is 25.8. The van der Waals surface area contributed by atoms with Gasteiger partial charge in [-0.1, -0.05) is 55.8 Å². The highest BCUT2D eigenvalue weighted by atomic mass is 35.5. The predicted octanol–water partition coefficient (Wildman–Crippen LogP) is 5.08. The number of carboxylic acids is 1. The van der Waals surface area contributed by atoms with Crippen LogP contribution < -0.4 is 5.32 Å². The van der Waals surface area contributed by atoms with E-state index in [1.54, 1.807) is 31.2 Å². The number of hydrogen-bond donors (Lipinski definition) is 2. The van der Waals surface area contributed by atoms with Crippen molar-refractivity contribution in [3.05, 3.63) is 57.4 Å². The molecule has 3 rings (SSSR count). The number of nitrogens with zero attached hydrogens (tertiary/aromatic N) is 1. The lowest BCUT2D eigenvalue weighted by Gasteiger charge is -2.31. The minimum atomic E-state index is -1.15. The molecule has 1 heterocycles. The van der Waals surface area contributed by atoms with E-state index in [1.807, 2.05) is 6.07 Å². The van der Waals surface area contributed by atoms with Gasteiger partial charge in [-0.05, 0) is 37.0 Å². The summed E-state index contributed by atoms with van der Waals surface area (Å²) < 4.78 is 11.2. The Morgan fingerprint density at radius 3 is 2.65 bits per heavy atom. The average molecular weight is 487 g/mol. The quantitative estimate of drug-likeness (QED) is 0.350. The Morgan fingerprint density at radius 2 is 1.97 bits per heavy atom. The van der Waals surface area contributed by atoms with E-state index in [-0.39, 0.29) is 30.8 Å². The van der Waals surface area contributed by atoms with E-state index < -0.39 is 17.9 Å². The Balaban J connectivity index is 1.86. The van der Waals surface area contributed by atoms with Gasteiger partial charge < -0.3 is 19.9 Å². The largest absolute Gasteiger partial charge is 0.478 e. The summed E-state index contributed by atoms with van der Waals surface area (Å²) in [5.41, 5.74) is 1.68. The molecule has 7 nitrogen and oxygen atoms in total. The molecule has 34 heavy (non-hydrogen) atoms. The summed E-state index contributed by atoms with van der Waals surface area (Å²) in [6, 6.07) is 8.72. The third-order valence-corrected chi connectivity index (χ3v) is 6.60. The monoisotopic (exact) mass is 486 g/mol. The summed E-state index contributed by atoms with van der Waals surface area (Å²) in [5.74, 6) is -2.04. The van der Waals surface area contributed by atoms with E-state index in [4.69, 9.17) is 26.3 Å². The van der Waals surface area contributed by atoms with E-state index in [9.17, 15) is 14.7 Å². The lowest BCUT2D eigenvalue weighted by atomic mass is 9.80. The molecule has 8 heteroatoms. The van der Waals surface area contributed by atoms with Gasteiger partial charge in [0.25, 0.3) is 0 Å². The molecule has 1 fully saturated rings. The number of benzene rings is 1. The van der Waals surface area contributed by atoms with Crippen molar-refractivity contribution >= 4 is 23.5 Å². The van der Waals surface area contributed by atoms with E-state index in [0.29, 0.717) is 34.5 Å². The number of allylic oxidation sites excluding steroid dienone is 1. The molecule has 0 bridgehead atoms. The first-order valence-electron chi connectivity index (χ1n) is 11.7. The summed E-state index contributed by atoms with van der Waals surface area (Å²) in [6.45, 7) is 2.28. The SMILES string of the molecule is CC1=C(C(=O)OCCC#N)C(c2cccc(Cl)c2)C(C(=O)O)=C(COCCC2CCCCC2)N1. The molecule has 2 N–H and O–H groups in total. The zero-order chi connectivity index (χ0) is 24.5. The van der Waals surface area contributed by atoms with Crippen molar-refractivity contribution in [1.29, 1.82) is 5.26 Å². The number of esters is 1. The van der Waals surface area contributed by atoms with E-state index in [0.717, 1.165) is 6.42 Å². The lowest BCUT2D eigenvalue weighted by molar-refractivity contribution is -0.139. The van der Waals surface area contributed by atoms with Gasteiger partial charge in [0.1, 0.15) is 6.61 Å². The minimum Gasteiger partial charge on any atom is -0.478 e. The van der Waals surface area contributed by atoms with Crippen LogP contribution in [-0.2, 0) is 19.1 Å². The number of nitrogens with one attached hydrogen (secondary N) is 1. The molecular formula is C26H31ClN2O5. The molecule has 0 radical (unpaired) electrons. The van der Waals surface area contributed by atoms with Crippen LogP contribution in [0.3, 0.4) is 0 Å².